The third kappa shape index (κ3) is 4.61. The molecule has 2 amide bonds. The molecule has 0 fully saturated rings. The summed E-state index contributed by atoms with van der Waals surface area (Å²) >= 11 is 0. The van der Waals surface area contributed by atoms with Crippen LogP contribution in [0.3, 0.4) is 0 Å². The Morgan fingerprint density at radius 2 is 1.95 bits per heavy atom. The van der Waals surface area contributed by atoms with E-state index in [0.717, 1.165) is 11.4 Å². The Bertz CT molecular complexity index is 541. The summed E-state index contributed by atoms with van der Waals surface area (Å²) in [6, 6.07) is 12.9. The highest BCUT2D eigenvalue weighted by Crippen LogP contribution is 2.10. The number of nitrogens with zero attached hydrogens (tertiary/aromatic N) is 1. The lowest BCUT2D eigenvalue weighted by molar-refractivity contribution is 0.223. The van der Waals surface area contributed by atoms with Gasteiger partial charge in [0.05, 0.1) is 12.2 Å². The van der Waals surface area contributed by atoms with Crippen LogP contribution in [0.25, 0.3) is 0 Å². The van der Waals surface area contributed by atoms with Gasteiger partial charge in [0.1, 0.15) is 5.75 Å². The van der Waals surface area contributed by atoms with Crippen LogP contribution in [0, 0.1) is 6.92 Å². The van der Waals surface area contributed by atoms with Crippen molar-refractivity contribution in [3.63, 3.8) is 0 Å². The number of hydrogen-bond donors (Lipinski definition) is 2. The first-order valence-electron chi connectivity index (χ1n) is 6.35. The molecule has 0 aliphatic carbocycles. The fraction of sp³-hybridized carbons (Fsp3) is 0.200. The van der Waals surface area contributed by atoms with Crippen molar-refractivity contribution in [1.82, 2.24) is 15.6 Å². The first-order chi connectivity index (χ1) is 9.74. The summed E-state index contributed by atoms with van der Waals surface area (Å²) in [6.45, 7) is 2.52. The Kier molecular flexibility index (Phi) is 4.94. The maximum atomic E-state index is 11.5. The quantitative estimate of drug-likeness (QED) is 0.820. The molecule has 0 spiro atoms. The molecule has 0 aliphatic heterocycles. The minimum absolute atomic E-state index is 0.122. The van der Waals surface area contributed by atoms with E-state index in [4.69, 9.17) is 4.74 Å². The van der Waals surface area contributed by atoms with Crippen molar-refractivity contribution in [3.8, 4) is 5.75 Å². The number of pyridine rings is 1. The number of hydrogen-bond acceptors (Lipinski definition) is 3. The number of benzene rings is 1. The molecule has 2 rings (SSSR count). The van der Waals surface area contributed by atoms with Crippen LogP contribution in [-0.2, 0) is 6.54 Å². The number of carbonyl (C=O) groups excluding carboxylic acids is 1. The van der Waals surface area contributed by atoms with Gasteiger partial charge < -0.3 is 15.4 Å². The molecule has 0 unspecified atom stereocenters. The number of aromatic nitrogens is 1. The minimum Gasteiger partial charge on any atom is -0.473 e. The van der Waals surface area contributed by atoms with Crippen LogP contribution in [0.4, 0.5) is 4.79 Å². The molecule has 5 heteroatoms. The third-order valence-electron chi connectivity index (χ3n) is 2.65. The molecule has 5 nitrogen and oxygen atoms in total. The summed E-state index contributed by atoms with van der Waals surface area (Å²) in [5.41, 5.74) is 1.97. The van der Waals surface area contributed by atoms with Gasteiger partial charge in [-0.05, 0) is 31.2 Å². The summed E-state index contributed by atoms with van der Waals surface area (Å²) in [6.07, 6.45) is 1.69. The summed E-state index contributed by atoms with van der Waals surface area (Å²) < 4.78 is 5.40. The average Bonchev–Trinajstić information content (AvgIpc) is 2.48. The molecule has 2 N–H and O–H groups in total. The fourth-order valence-corrected chi connectivity index (χ4v) is 1.56. The van der Waals surface area contributed by atoms with E-state index in [9.17, 15) is 4.79 Å². The van der Waals surface area contributed by atoms with Gasteiger partial charge in [0, 0.05) is 6.20 Å². The van der Waals surface area contributed by atoms with Crippen molar-refractivity contribution in [2.24, 2.45) is 0 Å². The van der Waals surface area contributed by atoms with Gasteiger partial charge in [-0.2, -0.15) is 0 Å². The van der Waals surface area contributed by atoms with E-state index in [1.54, 1.807) is 6.20 Å². The van der Waals surface area contributed by atoms with Gasteiger partial charge in [-0.15, -0.1) is 0 Å². The maximum Gasteiger partial charge on any atom is 0.317 e. The topological polar surface area (TPSA) is 63.2 Å². The van der Waals surface area contributed by atoms with Gasteiger partial charge in [0.25, 0.3) is 0 Å². The molecular weight excluding hydrogens is 254 g/mol. The van der Waals surface area contributed by atoms with E-state index in [0.29, 0.717) is 6.54 Å². The lowest BCUT2D eigenvalue weighted by Gasteiger charge is -2.09. The number of rotatable bonds is 5. The first-order valence-corrected chi connectivity index (χ1v) is 6.35. The van der Waals surface area contributed by atoms with Crippen molar-refractivity contribution in [2.75, 3.05) is 6.73 Å². The number of amides is 2. The molecular formula is C15H17N3O2. The summed E-state index contributed by atoms with van der Waals surface area (Å²) in [5, 5.41) is 5.32. The molecule has 0 radical (unpaired) electrons. The normalized spacial score (nSPS) is 9.85. The highest BCUT2D eigenvalue weighted by molar-refractivity contribution is 5.73. The molecule has 1 aromatic carbocycles. The Morgan fingerprint density at radius 1 is 1.15 bits per heavy atom. The van der Waals surface area contributed by atoms with Gasteiger partial charge in [0.15, 0.2) is 6.73 Å². The van der Waals surface area contributed by atoms with E-state index in [-0.39, 0.29) is 12.8 Å². The van der Waals surface area contributed by atoms with Crippen LogP contribution in [0.5, 0.6) is 5.75 Å². The zero-order valence-electron chi connectivity index (χ0n) is 11.3. The fourth-order valence-electron chi connectivity index (χ4n) is 1.56. The monoisotopic (exact) mass is 271 g/mol. The zero-order valence-corrected chi connectivity index (χ0v) is 11.3. The van der Waals surface area contributed by atoms with Gasteiger partial charge in [-0.1, -0.05) is 23.8 Å². The van der Waals surface area contributed by atoms with Crippen molar-refractivity contribution in [1.29, 1.82) is 0 Å². The van der Waals surface area contributed by atoms with Gasteiger partial charge in [-0.25, -0.2) is 4.79 Å². The Hall–Kier alpha value is -2.56. The van der Waals surface area contributed by atoms with Gasteiger partial charge in [0.2, 0.25) is 0 Å². The largest absolute Gasteiger partial charge is 0.473 e. The van der Waals surface area contributed by atoms with E-state index in [2.05, 4.69) is 15.6 Å². The van der Waals surface area contributed by atoms with Gasteiger partial charge >= 0.3 is 6.03 Å². The molecule has 1 heterocycles. The second-order valence-corrected chi connectivity index (χ2v) is 4.28. The predicted molar refractivity (Wildman–Crippen MR) is 76.3 cm³/mol. The van der Waals surface area contributed by atoms with Gasteiger partial charge in [-0.3, -0.25) is 4.98 Å². The Balaban J connectivity index is 1.66. The molecule has 2 aromatic rings. The van der Waals surface area contributed by atoms with Crippen LogP contribution in [-0.4, -0.2) is 17.7 Å². The smallest absolute Gasteiger partial charge is 0.317 e. The van der Waals surface area contributed by atoms with Crippen molar-refractivity contribution >= 4 is 6.03 Å². The van der Waals surface area contributed by atoms with Crippen molar-refractivity contribution < 1.29 is 9.53 Å². The number of urea groups is 1. The highest BCUT2D eigenvalue weighted by atomic mass is 16.5. The molecule has 104 valence electrons. The average molecular weight is 271 g/mol. The zero-order chi connectivity index (χ0) is 14.2. The van der Waals surface area contributed by atoms with Crippen LogP contribution in [0.15, 0.2) is 48.7 Å². The molecule has 1 aromatic heterocycles. The molecule has 0 bridgehead atoms. The standard InChI is InChI=1S/C15H17N3O2/c1-12-5-7-14(8-6-12)20-11-18-15(19)17-10-13-4-2-3-9-16-13/h2-9H,10-11H2,1H3,(H2,17,18,19). The SMILES string of the molecule is Cc1ccc(OCNC(=O)NCc2ccccn2)cc1. The molecule has 0 saturated carbocycles. The first kappa shape index (κ1) is 13.9. The predicted octanol–water partition coefficient (Wildman–Crippen LogP) is 2.23. The van der Waals surface area contributed by atoms with E-state index in [1.807, 2.05) is 49.4 Å². The summed E-state index contributed by atoms with van der Waals surface area (Å²) in [4.78, 5) is 15.6. The Morgan fingerprint density at radius 3 is 2.65 bits per heavy atom. The summed E-state index contributed by atoms with van der Waals surface area (Å²) in [5.74, 6) is 0.723. The van der Waals surface area contributed by atoms with E-state index >= 15 is 0 Å². The number of ether oxygens (including phenoxy) is 1. The van der Waals surface area contributed by atoms with E-state index < -0.39 is 0 Å². The van der Waals surface area contributed by atoms with Crippen LogP contribution in [0.1, 0.15) is 11.3 Å². The lowest BCUT2D eigenvalue weighted by Crippen LogP contribution is -2.37. The van der Waals surface area contributed by atoms with E-state index in [1.165, 1.54) is 5.56 Å². The maximum absolute atomic E-state index is 11.5. The number of nitrogens with one attached hydrogen (secondary N) is 2. The van der Waals surface area contributed by atoms with Crippen molar-refractivity contribution in [2.45, 2.75) is 13.5 Å². The van der Waals surface area contributed by atoms with Crippen LogP contribution in [0.2, 0.25) is 0 Å². The number of carbonyl (C=O) groups is 1. The van der Waals surface area contributed by atoms with Crippen LogP contribution >= 0.6 is 0 Å². The van der Waals surface area contributed by atoms with Crippen molar-refractivity contribution in [3.05, 3.63) is 59.9 Å². The summed E-state index contributed by atoms with van der Waals surface area (Å²) in [7, 11) is 0. The van der Waals surface area contributed by atoms with Crippen LogP contribution < -0.4 is 15.4 Å². The molecule has 0 aliphatic rings. The minimum atomic E-state index is -0.289. The molecule has 0 saturated heterocycles. The third-order valence-corrected chi connectivity index (χ3v) is 2.65. The lowest BCUT2D eigenvalue weighted by atomic mass is 10.2. The number of aryl methyl sites for hydroxylation is 1. The molecule has 20 heavy (non-hydrogen) atoms. The Labute approximate surface area is 118 Å². The second kappa shape index (κ2) is 7.13. The highest BCUT2D eigenvalue weighted by Gasteiger charge is 2.00. The molecule has 0 atom stereocenters. The second-order valence-electron chi connectivity index (χ2n) is 4.28.